The zero-order valence-corrected chi connectivity index (χ0v) is 15.5. The first-order valence-corrected chi connectivity index (χ1v) is 10.1. The standard InChI is InChI=1S/C15H30N4O3S/c1-15(2,18-10-8-17(3)9-11-18)12-16-14(20)13-6-5-7-19(13)23(4,21)22/h13H,5-12H2,1-4H3,(H,16,20)/t13-/m1/s1. The summed E-state index contributed by atoms with van der Waals surface area (Å²) in [5.74, 6) is -0.171. The first-order chi connectivity index (χ1) is 10.6. The third kappa shape index (κ3) is 4.65. The number of piperazine rings is 1. The van der Waals surface area contributed by atoms with E-state index < -0.39 is 16.1 Å². The van der Waals surface area contributed by atoms with Crippen LogP contribution in [0.4, 0.5) is 0 Å². The molecular weight excluding hydrogens is 316 g/mol. The molecule has 0 aliphatic carbocycles. The molecule has 0 aromatic carbocycles. The van der Waals surface area contributed by atoms with Gasteiger partial charge in [0.1, 0.15) is 6.04 Å². The summed E-state index contributed by atoms with van der Waals surface area (Å²) in [6.45, 7) is 9.26. The van der Waals surface area contributed by atoms with Crippen LogP contribution in [0.25, 0.3) is 0 Å². The Morgan fingerprint density at radius 1 is 1.17 bits per heavy atom. The topological polar surface area (TPSA) is 73.0 Å². The number of sulfonamides is 1. The zero-order valence-electron chi connectivity index (χ0n) is 14.7. The highest BCUT2D eigenvalue weighted by atomic mass is 32.2. The molecule has 2 rings (SSSR count). The maximum Gasteiger partial charge on any atom is 0.238 e. The predicted molar refractivity (Wildman–Crippen MR) is 90.7 cm³/mol. The minimum Gasteiger partial charge on any atom is -0.353 e. The Morgan fingerprint density at radius 3 is 2.35 bits per heavy atom. The molecule has 2 heterocycles. The van der Waals surface area contributed by atoms with Crippen LogP contribution in [0.1, 0.15) is 26.7 Å². The van der Waals surface area contributed by atoms with Gasteiger partial charge in [0, 0.05) is 44.8 Å². The van der Waals surface area contributed by atoms with Crippen LogP contribution in [-0.4, -0.2) is 92.6 Å². The summed E-state index contributed by atoms with van der Waals surface area (Å²) in [5.41, 5.74) is -0.133. The highest BCUT2D eigenvalue weighted by molar-refractivity contribution is 7.88. The molecule has 7 nitrogen and oxygen atoms in total. The van der Waals surface area contributed by atoms with Gasteiger partial charge in [0.2, 0.25) is 15.9 Å². The van der Waals surface area contributed by atoms with Gasteiger partial charge in [0.15, 0.2) is 0 Å². The number of carbonyl (C=O) groups excluding carboxylic acids is 1. The largest absolute Gasteiger partial charge is 0.353 e. The number of hydrogen-bond acceptors (Lipinski definition) is 5. The number of nitrogens with one attached hydrogen (secondary N) is 1. The first kappa shape index (κ1) is 18.6. The molecular formula is C15H30N4O3S. The van der Waals surface area contributed by atoms with Crippen LogP contribution in [0.2, 0.25) is 0 Å². The highest BCUT2D eigenvalue weighted by Crippen LogP contribution is 2.21. The average Bonchev–Trinajstić information content (AvgIpc) is 2.95. The Kier molecular flexibility index (Phi) is 5.71. The molecule has 1 atom stereocenters. The molecule has 0 saturated carbocycles. The van der Waals surface area contributed by atoms with Crippen molar-refractivity contribution >= 4 is 15.9 Å². The van der Waals surface area contributed by atoms with Crippen LogP contribution in [0.15, 0.2) is 0 Å². The summed E-state index contributed by atoms with van der Waals surface area (Å²) >= 11 is 0. The van der Waals surface area contributed by atoms with Crippen molar-refractivity contribution in [3.05, 3.63) is 0 Å². The van der Waals surface area contributed by atoms with Crippen molar-refractivity contribution in [2.45, 2.75) is 38.3 Å². The number of rotatable bonds is 5. The molecule has 2 aliphatic rings. The van der Waals surface area contributed by atoms with Gasteiger partial charge >= 0.3 is 0 Å². The first-order valence-electron chi connectivity index (χ1n) is 8.29. The fraction of sp³-hybridized carbons (Fsp3) is 0.933. The predicted octanol–water partition coefficient (Wildman–Crippen LogP) is -0.447. The number of amides is 1. The Labute approximate surface area is 140 Å². The lowest BCUT2D eigenvalue weighted by Crippen LogP contribution is -2.59. The van der Waals surface area contributed by atoms with Gasteiger partial charge < -0.3 is 10.2 Å². The molecule has 8 heteroatoms. The molecule has 2 fully saturated rings. The van der Waals surface area contributed by atoms with Crippen molar-refractivity contribution in [2.24, 2.45) is 0 Å². The van der Waals surface area contributed by atoms with E-state index in [0.717, 1.165) is 32.6 Å². The fourth-order valence-corrected chi connectivity index (χ4v) is 4.47. The van der Waals surface area contributed by atoms with Gasteiger partial charge in [0.05, 0.1) is 6.26 Å². The van der Waals surface area contributed by atoms with Gasteiger partial charge in [-0.25, -0.2) is 8.42 Å². The van der Waals surface area contributed by atoms with E-state index >= 15 is 0 Å². The summed E-state index contributed by atoms with van der Waals surface area (Å²) in [4.78, 5) is 17.1. The van der Waals surface area contributed by atoms with Crippen LogP contribution in [0, 0.1) is 0 Å². The molecule has 1 amide bonds. The molecule has 0 aromatic rings. The second kappa shape index (κ2) is 7.04. The van der Waals surface area contributed by atoms with Crippen LogP contribution in [-0.2, 0) is 14.8 Å². The van der Waals surface area contributed by atoms with E-state index in [1.165, 1.54) is 10.6 Å². The van der Waals surface area contributed by atoms with Crippen molar-refractivity contribution in [3.8, 4) is 0 Å². The maximum absolute atomic E-state index is 12.4. The van der Waals surface area contributed by atoms with E-state index in [0.29, 0.717) is 19.5 Å². The van der Waals surface area contributed by atoms with E-state index in [9.17, 15) is 13.2 Å². The SMILES string of the molecule is CN1CCN(C(C)(C)CNC(=O)[C@H]2CCCN2S(C)(=O)=O)CC1. The Morgan fingerprint density at radius 2 is 1.78 bits per heavy atom. The fourth-order valence-electron chi connectivity index (χ4n) is 3.34. The quantitative estimate of drug-likeness (QED) is 0.730. The van der Waals surface area contributed by atoms with Gasteiger partial charge in [-0.05, 0) is 33.7 Å². The Bertz CT molecular complexity index is 527. The zero-order chi connectivity index (χ0) is 17.3. The molecule has 2 saturated heterocycles. The molecule has 1 N–H and O–H groups in total. The molecule has 0 unspecified atom stereocenters. The maximum atomic E-state index is 12.4. The summed E-state index contributed by atoms with van der Waals surface area (Å²) in [7, 11) is -1.20. The van der Waals surface area contributed by atoms with E-state index in [2.05, 4.69) is 36.0 Å². The summed E-state index contributed by atoms with van der Waals surface area (Å²) < 4.78 is 24.8. The average molecular weight is 346 g/mol. The molecule has 134 valence electrons. The van der Waals surface area contributed by atoms with Gasteiger partial charge in [-0.1, -0.05) is 0 Å². The van der Waals surface area contributed by atoms with Crippen molar-refractivity contribution < 1.29 is 13.2 Å². The van der Waals surface area contributed by atoms with Gasteiger partial charge in [-0.15, -0.1) is 0 Å². The lowest BCUT2D eigenvalue weighted by Gasteiger charge is -2.43. The van der Waals surface area contributed by atoms with Crippen LogP contribution in [0.5, 0.6) is 0 Å². The van der Waals surface area contributed by atoms with E-state index in [4.69, 9.17) is 0 Å². The van der Waals surface area contributed by atoms with E-state index in [1.807, 2.05) is 0 Å². The lowest BCUT2D eigenvalue weighted by atomic mass is 10.0. The van der Waals surface area contributed by atoms with E-state index in [-0.39, 0.29) is 11.4 Å². The van der Waals surface area contributed by atoms with Gasteiger partial charge in [-0.3, -0.25) is 9.69 Å². The summed E-state index contributed by atoms with van der Waals surface area (Å²) in [6, 6.07) is -0.548. The molecule has 0 spiro atoms. The molecule has 2 aliphatic heterocycles. The summed E-state index contributed by atoms with van der Waals surface area (Å²) in [5, 5.41) is 2.98. The Balaban J connectivity index is 1.90. The number of nitrogens with zero attached hydrogens (tertiary/aromatic N) is 3. The van der Waals surface area contributed by atoms with Crippen LogP contribution in [0.3, 0.4) is 0 Å². The van der Waals surface area contributed by atoms with Gasteiger partial charge in [-0.2, -0.15) is 4.31 Å². The molecule has 0 aromatic heterocycles. The van der Waals surface area contributed by atoms with Crippen LogP contribution < -0.4 is 5.32 Å². The minimum absolute atomic E-state index is 0.133. The molecule has 23 heavy (non-hydrogen) atoms. The normalized spacial score (nSPS) is 25.7. The lowest BCUT2D eigenvalue weighted by molar-refractivity contribution is -0.124. The van der Waals surface area contributed by atoms with Crippen molar-refractivity contribution in [3.63, 3.8) is 0 Å². The number of carbonyl (C=O) groups is 1. The van der Waals surface area contributed by atoms with Crippen molar-refractivity contribution in [2.75, 3.05) is 52.6 Å². The van der Waals surface area contributed by atoms with Crippen molar-refractivity contribution in [1.82, 2.24) is 19.4 Å². The number of likely N-dealkylation sites (N-methyl/N-ethyl adjacent to an activating group) is 1. The smallest absolute Gasteiger partial charge is 0.238 e. The second-order valence-corrected chi connectivity index (χ2v) is 9.29. The van der Waals surface area contributed by atoms with Crippen molar-refractivity contribution in [1.29, 1.82) is 0 Å². The monoisotopic (exact) mass is 346 g/mol. The summed E-state index contributed by atoms with van der Waals surface area (Å²) in [6.07, 6.45) is 2.52. The minimum atomic E-state index is -3.32. The number of hydrogen-bond donors (Lipinski definition) is 1. The molecule has 0 radical (unpaired) electrons. The molecule has 0 bridgehead atoms. The second-order valence-electron chi connectivity index (χ2n) is 7.35. The third-order valence-corrected chi connectivity index (χ3v) is 6.28. The third-order valence-electron chi connectivity index (χ3n) is 4.99. The van der Waals surface area contributed by atoms with Gasteiger partial charge in [0.25, 0.3) is 0 Å². The Hall–Kier alpha value is -0.700. The highest BCUT2D eigenvalue weighted by Gasteiger charge is 2.37. The van der Waals surface area contributed by atoms with E-state index in [1.54, 1.807) is 0 Å². The van der Waals surface area contributed by atoms with Crippen LogP contribution >= 0.6 is 0 Å².